The van der Waals surface area contributed by atoms with Crippen LogP contribution in [0.5, 0.6) is 5.88 Å². The number of nitrogens with zero attached hydrogens (tertiary/aromatic N) is 4. The van der Waals surface area contributed by atoms with Gasteiger partial charge in [-0.3, -0.25) is 14.3 Å². The topological polar surface area (TPSA) is 89.4 Å². The van der Waals surface area contributed by atoms with Crippen molar-refractivity contribution in [1.82, 2.24) is 25.0 Å². The summed E-state index contributed by atoms with van der Waals surface area (Å²) >= 11 is 0. The summed E-state index contributed by atoms with van der Waals surface area (Å²) < 4.78 is 7.35. The van der Waals surface area contributed by atoms with Gasteiger partial charge in [0.25, 0.3) is 5.91 Å². The van der Waals surface area contributed by atoms with E-state index in [1.54, 1.807) is 41.2 Å². The van der Waals surface area contributed by atoms with Crippen LogP contribution >= 0.6 is 0 Å². The molecule has 0 bridgehead atoms. The maximum atomic E-state index is 12.8. The summed E-state index contributed by atoms with van der Waals surface area (Å²) in [6, 6.07) is 7.18. The highest BCUT2D eigenvalue weighted by Gasteiger charge is 2.55. The Bertz CT molecular complexity index is 821. The maximum absolute atomic E-state index is 12.8. The van der Waals surface area contributed by atoms with Gasteiger partial charge >= 0.3 is 0 Å². The molecule has 2 fully saturated rings. The van der Waals surface area contributed by atoms with Gasteiger partial charge in [-0.15, -0.1) is 0 Å². The van der Waals surface area contributed by atoms with Gasteiger partial charge in [0.05, 0.1) is 12.0 Å². The SMILES string of the molecule is Cn1nccc1C(=O)N1CC[C@]2(C1)C(=O)NC[C@H]2COc1ccccn1. The van der Waals surface area contributed by atoms with E-state index in [0.29, 0.717) is 44.2 Å². The van der Waals surface area contributed by atoms with Crippen molar-refractivity contribution in [3.63, 3.8) is 0 Å². The lowest BCUT2D eigenvalue weighted by Crippen LogP contribution is -2.41. The minimum Gasteiger partial charge on any atom is -0.477 e. The first-order valence-corrected chi connectivity index (χ1v) is 8.69. The Balaban J connectivity index is 1.48. The molecule has 2 atom stereocenters. The number of carbonyl (C=O) groups excluding carboxylic acids is 2. The number of pyridine rings is 1. The summed E-state index contributed by atoms with van der Waals surface area (Å²) in [5.41, 5.74) is -0.0648. The van der Waals surface area contributed by atoms with Crippen molar-refractivity contribution >= 4 is 11.8 Å². The first-order valence-electron chi connectivity index (χ1n) is 8.69. The van der Waals surface area contributed by atoms with Crippen LogP contribution in [0.3, 0.4) is 0 Å². The number of rotatable bonds is 4. The first kappa shape index (κ1) is 16.6. The molecule has 136 valence electrons. The second kappa shape index (κ2) is 6.44. The number of ether oxygens (including phenoxy) is 1. The number of nitrogens with one attached hydrogen (secondary N) is 1. The van der Waals surface area contributed by atoms with Gasteiger partial charge in [-0.2, -0.15) is 5.10 Å². The molecular formula is C18H21N5O3. The van der Waals surface area contributed by atoms with Crippen LogP contribution in [0.15, 0.2) is 36.7 Å². The Labute approximate surface area is 151 Å². The van der Waals surface area contributed by atoms with E-state index in [2.05, 4.69) is 15.4 Å². The van der Waals surface area contributed by atoms with Crippen LogP contribution < -0.4 is 10.1 Å². The van der Waals surface area contributed by atoms with Crippen LogP contribution in [-0.2, 0) is 11.8 Å². The smallest absolute Gasteiger partial charge is 0.272 e. The van der Waals surface area contributed by atoms with Crippen LogP contribution in [0.25, 0.3) is 0 Å². The fourth-order valence-corrected chi connectivity index (χ4v) is 3.88. The summed E-state index contributed by atoms with van der Waals surface area (Å²) in [6.45, 7) is 1.90. The van der Waals surface area contributed by atoms with Crippen LogP contribution in [0.1, 0.15) is 16.9 Å². The predicted octanol–water partition coefficient (Wildman–Crippen LogP) is 0.472. The van der Waals surface area contributed by atoms with Crippen molar-refractivity contribution in [3.05, 3.63) is 42.4 Å². The monoisotopic (exact) mass is 355 g/mol. The molecule has 4 rings (SSSR count). The Kier molecular flexibility index (Phi) is 4.10. The second-order valence-electron chi connectivity index (χ2n) is 6.86. The van der Waals surface area contributed by atoms with Gasteiger partial charge in [0, 0.05) is 51.1 Å². The van der Waals surface area contributed by atoms with E-state index in [9.17, 15) is 9.59 Å². The third-order valence-corrected chi connectivity index (χ3v) is 5.44. The van der Waals surface area contributed by atoms with Gasteiger partial charge in [-0.05, 0) is 18.6 Å². The van der Waals surface area contributed by atoms with Crippen molar-refractivity contribution in [2.45, 2.75) is 6.42 Å². The average molecular weight is 355 g/mol. The number of hydrogen-bond donors (Lipinski definition) is 1. The summed E-state index contributed by atoms with van der Waals surface area (Å²) in [5.74, 6) is 0.461. The number of aromatic nitrogens is 3. The third-order valence-electron chi connectivity index (χ3n) is 5.44. The highest BCUT2D eigenvalue weighted by atomic mass is 16.5. The van der Waals surface area contributed by atoms with Crippen LogP contribution in [0.4, 0.5) is 0 Å². The molecule has 2 aliphatic heterocycles. The Morgan fingerprint density at radius 2 is 2.27 bits per heavy atom. The van der Waals surface area contributed by atoms with Crippen molar-refractivity contribution < 1.29 is 14.3 Å². The molecule has 8 nitrogen and oxygen atoms in total. The summed E-state index contributed by atoms with van der Waals surface area (Å²) in [5, 5.41) is 7.00. The normalized spacial score (nSPS) is 24.9. The van der Waals surface area contributed by atoms with Gasteiger partial charge in [0.15, 0.2) is 0 Å². The van der Waals surface area contributed by atoms with E-state index >= 15 is 0 Å². The predicted molar refractivity (Wildman–Crippen MR) is 92.4 cm³/mol. The molecule has 2 aromatic heterocycles. The number of carbonyl (C=O) groups is 2. The molecular weight excluding hydrogens is 334 g/mol. The summed E-state index contributed by atoms with van der Waals surface area (Å²) in [6.07, 6.45) is 3.91. The highest BCUT2D eigenvalue weighted by Crippen LogP contribution is 2.42. The lowest BCUT2D eigenvalue weighted by atomic mass is 9.77. The largest absolute Gasteiger partial charge is 0.477 e. The zero-order valence-electron chi connectivity index (χ0n) is 14.6. The molecule has 1 N–H and O–H groups in total. The Hall–Kier alpha value is -2.90. The molecule has 4 heterocycles. The zero-order valence-corrected chi connectivity index (χ0v) is 14.6. The van der Waals surface area contributed by atoms with Crippen LogP contribution in [-0.4, -0.2) is 57.7 Å². The fraction of sp³-hybridized carbons (Fsp3) is 0.444. The number of likely N-dealkylation sites (tertiary alicyclic amines) is 1. The van der Waals surface area contributed by atoms with E-state index in [-0.39, 0.29) is 17.7 Å². The number of aryl methyl sites for hydroxylation is 1. The maximum Gasteiger partial charge on any atom is 0.272 e. The minimum atomic E-state index is -0.594. The number of amides is 2. The third kappa shape index (κ3) is 2.71. The van der Waals surface area contributed by atoms with Gasteiger partial charge < -0.3 is 15.0 Å². The van der Waals surface area contributed by atoms with Gasteiger partial charge in [0.1, 0.15) is 5.69 Å². The molecule has 0 saturated carbocycles. The molecule has 1 spiro atoms. The van der Waals surface area contributed by atoms with Crippen LogP contribution in [0, 0.1) is 11.3 Å². The average Bonchev–Trinajstić information content (AvgIpc) is 3.36. The minimum absolute atomic E-state index is 0.00124. The number of hydrogen-bond acceptors (Lipinski definition) is 5. The Morgan fingerprint density at radius 1 is 1.38 bits per heavy atom. The molecule has 0 unspecified atom stereocenters. The standard InChI is InChI=1S/C18H21N5O3/c1-22-14(5-8-21-22)16(24)23-9-6-18(12-23)13(10-20-17(18)25)11-26-15-4-2-3-7-19-15/h2-5,7-8,13H,6,9-12H2,1H3,(H,20,25)/t13-,18+/m0/s1. The van der Waals surface area contributed by atoms with Crippen molar-refractivity contribution in [1.29, 1.82) is 0 Å². The zero-order chi connectivity index (χ0) is 18.1. The van der Waals surface area contributed by atoms with E-state index in [1.807, 2.05) is 12.1 Å². The summed E-state index contributed by atoms with van der Waals surface area (Å²) in [4.78, 5) is 31.3. The quantitative estimate of drug-likeness (QED) is 0.861. The lowest BCUT2D eigenvalue weighted by Gasteiger charge is -2.27. The van der Waals surface area contributed by atoms with E-state index in [4.69, 9.17) is 4.74 Å². The van der Waals surface area contributed by atoms with Crippen LogP contribution in [0.2, 0.25) is 0 Å². The molecule has 2 amide bonds. The fourth-order valence-electron chi connectivity index (χ4n) is 3.88. The van der Waals surface area contributed by atoms with Gasteiger partial charge in [-0.1, -0.05) is 6.07 Å². The molecule has 0 aromatic carbocycles. The van der Waals surface area contributed by atoms with E-state index < -0.39 is 5.41 Å². The van der Waals surface area contributed by atoms with Gasteiger partial charge in [0.2, 0.25) is 11.8 Å². The van der Waals surface area contributed by atoms with E-state index in [0.717, 1.165) is 0 Å². The molecule has 8 heteroatoms. The molecule has 2 aliphatic rings. The Morgan fingerprint density at radius 3 is 3.00 bits per heavy atom. The molecule has 2 aromatic rings. The van der Waals surface area contributed by atoms with Crippen molar-refractivity contribution in [3.8, 4) is 5.88 Å². The molecule has 2 saturated heterocycles. The van der Waals surface area contributed by atoms with Gasteiger partial charge in [-0.25, -0.2) is 4.98 Å². The second-order valence-corrected chi connectivity index (χ2v) is 6.86. The molecule has 0 radical (unpaired) electrons. The first-order chi connectivity index (χ1) is 12.6. The van der Waals surface area contributed by atoms with Crippen molar-refractivity contribution in [2.75, 3.05) is 26.2 Å². The molecule has 0 aliphatic carbocycles. The lowest BCUT2D eigenvalue weighted by molar-refractivity contribution is -0.128. The molecule has 26 heavy (non-hydrogen) atoms. The van der Waals surface area contributed by atoms with Crippen molar-refractivity contribution in [2.24, 2.45) is 18.4 Å². The highest BCUT2D eigenvalue weighted by molar-refractivity contribution is 5.94. The summed E-state index contributed by atoms with van der Waals surface area (Å²) in [7, 11) is 1.74. The van der Waals surface area contributed by atoms with E-state index in [1.165, 1.54) is 0 Å².